The summed E-state index contributed by atoms with van der Waals surface area (Å²) in [5, 5.41) is 2.86. The number of carbonyl (C=O) groups excluding carboxylic acids is 2. The number of hydrogen-bond acceptors (Lipinski definition) is 3. The molecule has 2 fully saturated rings. The van der Waals surface area contributed by atoms with E-state index >= 15 is 0 Å². The summed E-state index contributed by atoms with van der Waals surface area (Å²) in [5.41, 5.74) is 2.82. The quantitative estimate of drug-likeness (QED) is 0.796. The highest BCUT2D eigenvalue weighted by molar-refractivity contribution is 5.86. The van der Waals surface area contributed by atoms with Gasteiger partial charge in [0, 0.05) is 26.1 Å². The number of nitrogens with one attached hydrogen (secondary N) is 1. The van der Waals surface area contributed by atoms with Crippen molar-refractivity contribution >= 4 is 11.8 Å². The van der Waals surface area contributed by atoms with Gasteiger partial charge in [-0.25, -0.2) is 0 Å². The molecule has 0 radical (unpaired) electrons. The monoisotopic (exact) mass is 406 g/mol. The van der Waals surface area contributed by atoms with Crippen LogP contribution >= 0.6 is 0 Å². The first-order valence-electron chi connectivity index (χ1n) is 10.8. The third-order valence-corrected chi connectivity index (χ3v) is 6.44. The molecular weight excluding hydrogens is 376 g/mol. The highest BCUT2D eigenvalue weighted by Crippen LogP contribution is 2.38. The van der Waals surface area contributed by atoms with E-state index in [1.54, 1.807) is 14.2 Å². The van der Waals surface area contributed by atoms with Crippen molar-refractivity contribution in [3.8, 4) is 16.9 Å². The highest BCUT2D eigenvalue weighted by Gasteiger charge is 2.45. The van der Waals surface area contributed by atoms with E-state index in [-0.39, 0.29) is 17.7 Å². The number of amides is 2. The zero-order valence-electron chi connectivity index (χ0n) is 17.8. The van der Waals surface area contributed by atoms with Crippen molar-refractivity contribution in [2.75, 3.05) is 27.2 Å². The lowest BCUT2D eigenvalue weighted by atomic mass is 9.74. The van der Waals surface area contributed by atoms with E-state index in [2.05, 4.69) is 29.6 Å². The number of nitrogens with zero attached hydrogens (tertiary/aromatic N) is 1. The molecule has 30 heavy (non-hydrogen) atoms. The number of carbonyl (C=O) groups is 2. The van der Waals surface area contributed by atoms with E-state index in [0.29, 0.717) is 13.0 Å². The minimum atomic E-state index is -0.556. The van der Waals surface area contributed by atoms with Crippen LogP contribution in [0.4, 0.5) is 0 Å². The zero-order chi connectivity index (χ0) is 21.1. The lowest BCUT2D eigenvalue weighted by Gasteiger charge is -2.41. The molecule has 0 bridgehead atoms. The Balaban J connectivity index is 1.52. The maximum Gasteiger partial charge on any atom is 0.228 e. The molecule has 1 atom stereocenters. The van der Waals surface area contributed by atoms with E-state index in [9.17, 15) is 9.59 Å². The van der Waals surface area contributed by atoms with Gasteiger partial charge in [-0.05, 0) is 60.9 Å². The molecule has 158 valence electrons. The third-order valence-electron chi connectivity index (χ3n) is 6.44. The smallest absolute Gasteiger partial charge is 0.228 e. The van der Waals surface area contributed by atoms with Crippen LogP contribution in [0.25, 0.3) is 11.1 Å². The predicted octanol–water partition coefficient (Wildman–Crippen LogP) is 3.67. The summed E-state index contributed by atoms with van der Waals surface area (Å²) in [7, 11) is 3.36. The van der Waals surface area contributed by atoms with Crippen LogP contribution in [0.3, 0.4) is 0 Å². The number of likely N-dealkylation sites (tertiary alicyclic amines) is 1. The van der Waals surface area contributed by atoms with Gasteiger partial charge < -0.3 is 15.0 Å². The van der Waals surface area contributed by atoms with Crippen molar-refractivity contribution in [1.82, 2.24) is 10.2 Å². The Labute approximate surface area is 178 Å². The molecule has 2 amide bonds. The van der Waals surface area contributed by atoms with E-state index < -0.39 is 5.41 Å². The fraction of sp³-hybridized carbons (Fsp3) is 0.440. The highest BCUT2D eigenvalue weighted by atomic mass is 16.5. The number of methoxy groups -OCH3 is 1. The molecule has 5 nitrogen and oxygen atoms in total. The predicted molar refractivity (Wildman–Crippen MR) is 117 cm³/mol. The molecule has 1 aliphatic heterocycles. The summed E-state index contributed by atoms with van der Waals surface area (Å²) in [5.74, 6) is 1.30. The Hall–Kier alpha value is -2.82. The van der Waals surface area contributed by atoms with Gasteiger partial charge >= 0.3 is 0 Å². The fourth-order valence-electron chi connectivity index (χ4n) is 4.57. The minimum absolute atomic E-state index is 0.0371. The maximum atomic E-state index is 12.9. The molecule has 5 heteroatoms. The second-order valence-corrected chi connectivity index (χ2v) is 8.60. The molecule has 2 aliphatic rings. The molecular formula is C25H30N2O3. The van der Waals surface area contributed by atoms with Gasteiger partial charge in [0.15, 0.2) is 0 Å². The lowest BCUT2D eigenvalue weighted by molar-refractivity contribution is -0.142. The fourth-order valence-corrected chi connectivity index (χ4v) is 4.57. The van der Waals surface area contributed by atoms with Gasteiger partial charge in [-0.3, -0.25) is 9.59 Å². The molecule has 2 aromatic rings. The second-order valence-electron chi connectivity index (χ2n) is 8.60. The van der Waals surface area contributed by atoms with Gasteiger partial charge in [0.2, 0.25) is 11.8 Å². The minimum Gasteiger partial charge on any atom is -0.497 e. The standard InChI is InChI=1S/C25H30N2O3/c1-26-24(29)25(14-3-15-27(17-25)23(28)21-8-9-21)16-18-4-6-19(7-5-18)20-10-12-22(30-2)13-11-20/h4-7,10-13,21H,3,8-9,14-17H2,1-2H3,(H,26,29)/t25-/m1/s1. The van der Waals surface area contributed by atoms with Crippen LogP contribution in [-0.4, -0.2) is 44.0 Å². The van der Waals surface area contributed by atoms with Crippen LogP contribution in [0, 0.1) is 11.3 Å². The van der Waals surface area contributed by atoms with Crippen LogP contribution in [0.1, 0.15) is 31.2 Å². The molecule has 0 spiro atoms. The van der Waals surface area contributed by atoms with Crippen molar-refractivity contribution in [2.24, 2.45) is 11.3 Å². The normalized spacial score (nSPS) is 21.2. The van der Waals surface area contributed by atoms with E-state index in [1.165, 1.54) is 0 Å². The molecule has 1 N–H and O–H groups in total. The lowest BCUT2D eigenvalue weighted by Crippen LogP contribution is -2.54. The molecule has 1 saturated carbocycles. The van der Waals surface area contributed by atoms with Crippen LogP contribution < -0.4 is 10.1 Å². The third kappa shape index (κ3) is 4.20. The Kier molecular flexibility index (Phi) is 5.80. The van der Waals surface area contributed by atoms with Gasteiger partial charge in [-0.15, -0.1) is 0 Å². The molecule has 1 saturated heterocycles. The number of piperidine rings is 1. The summed E-state index contributed by atoms with van der Waals surface area (Å²) in [6, 6.07) is 16.4. The van der Waals surface area contributed by atoms with E-state index in [4.69, 9.17) is 4.74 Å². The summed E-state index contributed by atoms with van der Waals surface area (Å²) in [6.07, 6.45) is 4.31. The van der Waals surface area contributed by atoms with Crippen molar-refractivity contribution in [2.45, 2.75) is 32.1 Å². The molecule has 4 rings (SSSR count). The van der Waals surface area contributed by atoms with Gasteiger partial charge in [0.25, 0.3) is 0 Å². The molecule has 0 aromatic heterocycles. The molecule has 1 aliphatic carbocycles. The Morgan fingerprint density at radius 1 is 1.07 bits per heavy atom. The van der Waals surface area contributed by atoms with Gasteiger partial charge in [-0.1, -0.05) is 36.4 Å². The second kappa shape index (κ2) is 8.50. The van der Waals surface area contributed by atoms with Crippen LogP contribution in [0.5, 0.6) is 5.75 Å². The number of benzene rings is 2. The average Bonchev–Trinajstić information content (AvgIpc) is 3.64. The summed E-state index contributed by atoms with van der Waals surface area (Å²) < 4.78 is 5.23. The van der Waals surface area contributed by atoms with Crippen molar-refractivity contribution < 1.29 is 14.3 Å². The number of rotatable bonds is 6. The first-order valence-corrected chi connectivity index (χ1v) is 10.8. The first-order chi connectivity index (χ1) is 14.5. The molecule has 0 unspecified atom stereocenters. The van der Waals surface area contributed by atoms with Crippen molar-refractivity contribution in [3.05, 3.63) is 54.1 Å². The Morgan fingerprint density at radius 3 is 2.27 bits per heavy atom. The largest absolute Gasteiger partial charge is 0.497 e. The number of ether oxygens (including phenoxy) is 1. The topological polar surface area (TPSA) is 58.6 Å². The Morgan fingerprint density at radius 2 is 1.70 bits per heavy atom. The molecule has 2 aromatic carbocycles. The molecule has 1 heterocycles. The SMILES string of the molecule is CNC(=O)[C@@]1(Cc2ccc(-c3ccc(OC)cc3)cc2)CCCN(C(=O)C2CC2)C1. The van der Waals surface area contributed by atoms with Crippen LogP contribution in [0.2, 0.25) is 0 Å². The van der Waals surface area contributed by atoms with Gasteiger partial charge in [0.05, 0.1) is 12.5 Å². The zero-order valence-corrected chi connectivity index (χ0v) is 17.8. The van der Waals surface area contributed by atoms with E-state index in [1.807, 2.05) is 29.2 Å². The number of hydrogen-bond donors (Lipinski definition) is 1. The summed E-state index contributed by atoms with van der Waals surface area (Å²) in [4.78, 5) is 27.5. The van der Waals surface area contributed by atoms with E-state index in [0.717, 1.165) is 54.7 Å². The van der Waals surface area contributed by atoms with Gasteiger partial charge in [0.1, 0.15) is 5.75 Å². The Bertz CT molecular complexity index is 903. The van der Waals surface area contributed by atoms with Gasteiger partial charge in [-0.2, -0.15) is 0 Å². The maximum absolute atomic E-state index is 12.9. The summed E-state index contributed by atoms with van der Waals surface area (Å²) in [6.45, 7) is 1.28. The van der Waals surface area contributed by atoms with Crippen LogP contribution in [0.15, 0.2) is 48.5 Å². The summed E-state index contributed by atoms with van der Waals surface area (Å²) >= 11 is 0. The first kappa shape index (κ1) is 20.5. The average molecular weight is 407 g/mol. The van der Waals surface area contributed by atoms with Crippen molar-refractivity contribution in [1.29, 1.82) is 0 Å². The van der Waals surface area contributed by atoms with Crippen molar-refractivity contribution in [3.63, 3.8) is 0 Å². The van der Waals surface area contributed by atoms with Crippen LogP contribution in [-0.2, 0) is 16.0 Å².